The molecular formula is C65H73BrF6O13. The number of rotatable bonds is 15. The van der Waals surface area contributed by atoms with Crippen LogP contribution in [0.15, 0.2) is 164 Å². The van der Waals surface area contributed by atoms with E-state index in [0.29, 0.717) is 30.1 Å². The monoisotopic (exact) mass is 1250 g/mol. The molecule has 0 bridgehead atoms. The lowest BCUT2D eigenvalue weighted by molar-refractivity contribution is -0.328. The Morgan fingerprint density at radius 1 is 0.494 bits per heavy atom. The zero-order chi connectivity index (χ0) is 62.1. The fourth-order valence-corrected chi connectivity index (χ4v) is 10.1. The average molecular weight is 1260 g/mol. The summed E-state index contributed by atoms with van der Waals surface area (Å²) in [4.78, 5) is 21.7. The summed E-state index contributed by atoms with van der Waals surface area (Å²) in [6, 6.07) is 51.6. The predicted molar refractivity (Wildman–Crippen MR) is 309 cm³/mol. The number of halogens is 7. The number of phenols is 1. The van der Waals surface area contributed by atoms with Gasteiger partial charge in [-0.15, -0.1) is 0 Å². The van der Waals surface area contributed by atoms with Gasteiger partial charge in [-0.05, 0) is 51.6 Å². The van der Waals surface area contributed by atoms with Crippen LogP contribution in [0.4, 0.5) is 26.3 Å². The summed E-state index contributed by atoms with van der Waals surface area (Å²) in [5, 5.41) is 37.9. The minimum Gasteiger partial charge on any atom is -0.508 e. The van der Waals surface area contributed by atoms with Gasteiger partial charge in [0.1, 0.15) is 41.6 Å². The SMILES string of the molecule is CC(=O)OCC1OC(Br)C(C)C(C)C1(F)F.CC(=O)OCC1OC(Oc2ccccc2Cc2ccccc2)C(C)C(C)C1(F)F.OCC1OC(Oc2ccccc2Cc2ccccc2)C(O)C(O)C1(F)F.Oc1ccccc1Cc1ccccc1. The lowest BCUT2D eigenvalue weighted by Crippen LogP contribution is -2.63. The molecule has 0 amide bonds. The Morgan fingerprint density at radius 2 is 0.859 bits per heavy atom. The van der Waals surface area contributed by atoms with Crippen LogP contribution in [0.25, 0.3) is 0 Å². The molecule has 4 N–H and O–H groups in total. The number of esters is 2. The van der Waals surface area contributed by atoms with Crippen LogP contribution in [0, 0.1) is 23.7 Å². The molecule has 12 unspecified atom stereocenters. The Kier molecular flexibility index (Phi) is 24.8. The highest BCUT2D eigenvalue weighted by Gasteiger charge is 2.59. The number of carbonyl (C=O) groups excluding carboxylic acids is 2. The summed E-state index contributed by atoms with van der Waals surface area (Å²) in [6.45, 7) is 6.75. The molecule has 3 heterocycles. The van der Waals surface area contributed by atoms with Crippen molar-refractivity contribution in [2.75, 3.05) is 19.8 Å². The van der Waals surface area contributed by atoms with E-state index in [1.54, 1.807) is 32.0 Å². The van der Waals surface area contributed by atoms with Crippen LogP contribution < -0.4 is 9.47 Å². The summed E-state index contributed by atoms with van der Waals surface area (Å²) in [5.41, 5.74) is 6.04. The van der Waals surface area contributed by atoms with E-state index < -0.39 is 115 Å². The molecule has 3 fully saturated rings. The summed E-state index contributed by atoms with van der Waals surface area (Å²) >= 11 is 3.20. The van der Waals surface area contributed by atoms with E-state index >= 15 is 0 Å². The van der Waals surface area contributed by atoms with Crippen molar-refractivity contribution in [2.24, 2.45) is 23.7 Å². The molecule has 9 rings (SSSR count). The lowest BCUT2D eigenvalue weighted by atomic mass is 9.84. The first-order chi connectivity index (χ1) is 40.3. The maximum Gasteiger partial charge on any atom is 0.304 e. The van der Waals surface area contributed by atoms with Crippen LogP contribution in [0.2, 0.25) is 0 Å². The van der Waals surface area contributed by atoms with Gasteiger partial charge in [-0.3, -0.25) is 9.59 Å². The average Bonchev–Trinajstić information content (AvgIpc) is 2.70. The van der Waals surface area contributed by atoms with Gasteiger partial charge in [0.25, 0.3) is 11.8 Å². The number of alkyl halides is 7. The molecule has 6 aromatic carbocycles. The van der Waals surface area contributed by atoms with Crippen LogP contribution >= 0.6 is 15.9 Å². The molecule has 85 heavy (non-hydrogen) atoms. The number of aromatic hydroxyl groups is 1. The van der Waals surface area contributed by atoms with E-state index in [1.165, 1.54) is 33.3 Å². The Balaban J connectivity index is 0.000000189. The minimum absolute atomic E-state index is 0.302. The second kappa shape index (κ2) is 31.2. The molecule has 3 aliphatic rings. The topological polar surface area (TPSA) is 180 Å². The molecule has 0 spiro atoms. The van der Waals surface area contributed by atoms with Crippen molar-refractivity contribution in [1.29, 1.82) is 0 Å². The van der Waals surface area contributed by atoms with E-state index in [4.69, 9.17) is 33.5 Å². The van der Waals surface area contributed by atoms with Crippen LogP contribution in [-0.2, 0) is 52.5 Å². The quantitative estimate of drug-likeness (QED) is 0.0434. The van der Waals surface area contributed by atoms with Gasteiger partial charge in [-0.2, -0.15) is 0 Å². The van der Waals surface area contributed by atoms with Gasteiger partial charge < -0.3 is 53.6 Å². The molecule has 13 nitrogen and oxygen atoms in total. The number of ether oxygens (including phenoxy) is 7. The Morgan fingerprint density at radius 3 is 1.29 bits per heavy atom. The van der Waals surface area contributed by atoms with E-state index in [9.17, 15) is 51.3 Å². The summed E-state index contributed by atoms with van der Waals surface area (Å²) in [5.74, 6) is -12.5. The molecular weight excluding hydrogens is 1180 g/mol. The molecule has 0 aliphatic carbocycles. The molecule has 0 aromatic heterocycles. The third-order valence-corrected chi connectivity index (χ3v) is 16.0. The molecule has 12 atom stereocenters. The van der Waals surface area contributed by atoms with Gasteiger partial charge in [-0.1, -0.05) is 189 Å². The standard InChI is InChI=1S/C23H26F2O4.C19H20F2O5.C13H12O.C10H15BrF2O3/c1-15-16(2)23(24,25)21(14-27-17(3)26)29-22(15)28-20-12-8-7-11-19(20)13-18-9-5-4-6-10-18;20-19(21)15(11-22)26-18(16(23)17(19)24)25-14-9-5-4-8-13(14)10-12-6-2-1-3-7-12;14-13-9-5-4-8-12(13)10-11-6-2-1-3-7-11;1-5-6(2)10(12,13)8(16-9(5)11)4-15-7(3)14/h4-12,15-16,21-22H,13-14H2,1-3H3;1-9,15-18,22-24H,10-11H2;1-9,14H,10H2;5-6,8-9H,4H2,1-3H3. The number of phenolic OH excluding ortho intramolecular Hbond substituents is 1. The van der Waals surface area contributed by atoms with Crippen LogP contribution in [0.3, 0.4) is 0 Å². The number of para-hydroxylation sites is 3. The van der Waals surface area contributed by atoms with Crippen molar-refractivity contribution in [3.8, 4) is 17.2 Å². The number of hydrogen-bond acceptors (Lipinski definition) is 13. The fraction of sp³-hybridized carbons (Fsp3) is 0.415. The van der Waals surface area contributed by atoms with Gasteiger partial charge in [0.05, 0.1) is 6.61 Å². The smallest absolute Gasteiger partial charge is 0.304 e. The minimum atomic E-state index is -3.78. The third-order valence-electron chi connectivity index (χ3n) is 15.0. The zero-order valence-corrected chi connectivity index (χ0v) is 49.5. The van der Waals surface area contributed by atoms with E-state index in [2.05, 4.69) is 32.8 Å². The Hall–Kier alpha value is -6.52. The lowest BCUT2D eigenvalue weighted by Gasteiger charge is -2.44. The number of aliphatic hydroxyl groups excluding tert-OH is 3. The molecule has 3 aliphatic heterocycles. The van der Waals surface area contributed by atoms with Gasteiger partial charge in [0.2, 0.25) is 12.6 Å². The molecule has 20 heteroatoms. The number of aliphatic hydroxyl groups is 3. The Bertz CT molecular complexity index is 3000. The van der Waals surface area contributed by atoms with Crippen LogP contribution in [0.5, 0.6) is 17.2 Å². The van der Waals surface area contributed by atoms with Gasteiger partial charge in [-0.25, -0.2) is 26.3 Å². The summed E-state index contributed by atoms with van der Waals surface area (Å²) in [7, 11) is 0. The molecule has 3 saturated heterocycles. The van der Waals surface area contributed by atoms with Crippen LogP contribution in [-0.4, -0.2) is 118 Å². The van der Waals surface area contributed by atoms with Crippen molar-refractivity contribution >= 4 is 27.9 Å². The van der Waals surface area contributed by atoms with Crippen molar-refractivity contribution in [1.82, 2.24) is 0 Å². The normalized spacial score (nSPS) is 26.2. The maximum atomic E-state index is 14.7. The summed E-state index contributed by atoms with van der Waals surface area (Å²) in [6.07, 6.45) is -9.70. The van der Waals surface area contributed by atoms with Crippen LogP contribution in [0.1, 0.15) is 74.9 Å². The van der Waals surface area contributed by atoms with Crippen molar-refractivity contribution < 1.29 is 89.5 Å². The molecule has 460 valence electrons. The van der Waals surface area contributed by atoms with E-state index in [-0.39, 0.29) is 5.92 Å². The highest BCUT2D eigenvalue weighted by molar-refractivity contribution is 9.09. The molecule has 0 saturated carbocycles. The van der Waals surface area contributed by atoms with Crippen molar-refractivity contribution in [3.05, 3.63) is 197 Å². The third kappa shape index (κ3) is 18.5. The highest BCUT2D eigenvalue weighted by Crippen LogP contribution is 2.45. The molecule has 6 aromatic rings. The van der Waals surface area contributed by atoms with Gasteiger partial charge >= 0.3 is 17.9 Å². The van der Waals surface area contributed by atoms with E-state index in [1.807, 2.05) is 133 Å². The maximum absolute atomic E-state index is 14.7. The van der Waals surface area contributed by atoms with Gasteiger partial charge in [0, 0.05) is 56.8 Å². The predicted octanol–water partition coefficient (Wildman–Crippen LogP) is 12.1. The number of benzene rings is 6. The zero-order valence-electron chi connectivity index (χ0n) is 47.9. The van der Waals surface area contributed by atoms with Gasteiger partial charge in [0.15, 0.2) is 24.4 Å². The fourth-order valence-electron chi connectivity index (χ4n) is 9.37. The number of hydrogen-bond donors (Lipinski definition) is 4. The first-order valence-corrected chi connectivity index (χ1v) is 28.6. The summed E-state index contributed by atoms with van der Waals surface area (Å²) < 4.78 is 121. The second-order valence-corrected chi connectivity index (χ2v) is 22.0. The van der Waals surface area contributed by atoms with Crippen molar-refractivity contribution in [3.63, 3.8) is 0 Å². The Labute approximate surface area is 499 Å². The van der Waals surface area contributed by atoms with Crippen molar-refractivity contribution in [2.45, 2.75) is 127 Å². The largest absolute Gasteiger partial charge is 0.508 e. The first-order valence-electron chi connectivity index (χ1n) is 27.7. The van der Waals surface area contributed by atoms with E-state index in [0.717, 1.165) is 34.2 Å². The number of carbonyl (C=O) groups is 2. The molecule has 0 radical (unpaired) electrons. The first kappa shape index (κ1) is 67.6. The second-order valence-electron chi connectivity index (χ2n) is 21.1. The highest BCUT2D eigenvalue weighted by atomic mass is 79.9.